The molecule has 0 unspecified atom stereocenters. The predicted molar refractivity (Wildman–Crippen MR) is 97.2 cm³/mol. The fraction of sp³-hybridized carbons (Fsp3) is 0.368. The molecule has 1 fully saturated rings. The first-order valence-corrected chi connectivity index (χ1v) is 8.92. The molecule has 1 aliphatic rings. The molecule has 0 aliphatic carbocycles. The van der Waals surface area contributed by atoms with E-state index in [0.717, 1.165) is 43.1 Å². The van der Waals surface area contributed by atoms with E-state index in [9.17, 15) is 10.0 Å². The lowest BCUT2D eigenvalue weighted by Gasteiger charge is -2.32. The average molecular weight is 360 g/mol. The number of aromatic nitrogens is 1. The van der Waals surface area contributed by atoms with E-state index < -0.39 is 0 Å². The molecule has 0 atom stereocenters. The lowest BCUT2D eigenvalue weighted by atomic mass is 9.96. The molecule has 2 aromatic rings. The molecular weight excluding hydrogens is 338 g/mol. The van der Waals surface area contributed by atoms with Gasteiger partial charge >= 0.3 is 0 Å². The van der Waals surface area contributed by atoms with Crippen LogP contribution in [0.1, 0.15) is 28.8 Å². The summed E-state index contributed by atoms with van der Waals surface area (Å²) in [5.41, 5.74) is 1.56. The van der Waals surface area contributed by atoms with Crippen LogP contribution in [0.4, 0.5) is 0 Å². The number of piperidine rings is 1. The largest absolute Gasteiger partial charge is 0.619 e. The Balaban J connectivity index is 1.43. The van der Waals surface area contributed by atoms with Crippen molar-refractivity contribution in [1.29, 1.82) is 0 Å². The molecule has 2 heterocycles. The summed E-state index contributed by atoms with van der Waals surface area (Å²) >= 11 is 6.23. The summed E-state index contributed by atoms with van der Waals surface area (Å²) in [6, 6.07) is 11.2. The van der Waals surface area contributed by atoms with Crippen LogP contribution in [-0.2, 0) is 6.54 Å². The molecule has 6 heteroatoms. The second-order valence-corrected chi connectivity index (χ2v) is 6.88. The topological polar surface area (TPSA) is 59.3 Å². The molecule has 1 aliphatic heterocycles. The number of carbonyl (C=O) groups is 1. The van der Waals surface area contributed by atoms with Crippen molar-refractivity contribution < 1.29 is 9.52 Å². The molecule has 25 heavy (non-hydrogen) atoms. The Bertz CT molecular complexity index is 730. The van der Waals surface area contributed by atoms with Gasteiger partial charge in [0.1, 0.15) is 5.56 Å². The van der Waals surface area contributed by atoms with Gasteiger partial charge in [0.15, 0.2) is 12.4 Å². The molecule has 132 valence electrons. The third-order valence-electron chi connectivity index (χ3n) is 4.65. The van der Waals surface area contributed by atoms with Gasteiger partial charge in [0.2, 0.25) is 0 Å². The minimum Gasteiger partial charge on any atom is -0.619 e. The summed E-state index contributed by atoms with van der Waals surface area (Å²) in [6.45, 7) is 3.51. The third-order valence-corrected chi connectivity index (χ3v) is 5.02. The van der Waals surface area contributed by atoms with E-state index in [2.05, 4.69) is 16.3 Å². The van der Waals surface area contributed by atoms with Crippen molar-refractivity contribution in [2.45, 2.75) is 19.4 Å². The Morgan fingerprint density at radius 3 is 2.72 bits per heavy atom. The standard InChI is InChI=1S/C19H22ClN3O2/c20-18-6-2-1-4-16(18)13-22-10-7-15(8-11-22)12-21-19(24)17-5-3-9-23(25)14-17/h1-6,9,14-15H,7-8,10-13H2,(H,21,24). The molecule has 1 aromatic heterocycles. The van der Waals surface area contributed by atoms with Gasteiger partial charge < -0.3 is 10.5 Å². The molecule has 0 radical (unpaired) electrons. The van der Waals surface area contributed by atoms with Gasteiger partial charge in [0.25, 0.3) is 5.91 Å². The summed E-state index contributed by atoms with van der Waals surface area (Å²) in [6.07, 6.45) is 4.75. The summed E-state index contributed by atoms with van der Waals surface area (Å²) in [7, 11) is 0. The highest BCUT2D eigenvalue weighted by Crippen LogP contribution is 2.22. The van der Waals surface area contributed by atoms with Gasteiger partial charge in [-0.3, -0.25) is 9.69 Å². The molecule has 0 bridgehead atoms. The number of amides is 1. The highest BCUT2D eigenvalue weighted by Gasteiger charge is 2.20. The number of carbonyl (C=O) groups excluding carboxylic acids is 1. The van der Waals surface area contributed by atoms with E-state index in [1.165, 1.54) is 12.4 Å². The van der Waals surface area contributed by atoms with E-state index in [4.69, 9.17) is 11.6 Å². The molecule has 1 aromatic carbocycles. The molecule has 5 nitrogen and oxygen atoms in total. The molecule has 3 rings (SSSR count). The van der Waals surface area contributed by atoms with Gasteiger partial charge in [-0.1, -0.05) is 29.8 Å². The van der Waals surface area contributed by atoms with Crippen LogP contribution < -0.4 is 10.0 Å². The van der Waals surface area contributed by atoms with Crippen LogP contribution in [0, 0.1) is 11.1 Å². The highest BCUT2D eigenvalue weighted by atomic mass is 35.5. The number of hydrogen-bond donors (Lipinski definition) is 1. The molecule has 1 saturated heterocycles. The Morgan fingerprint density at radius 2 is 2.00 bits per heavy atom. The number of benzene rings is 1. The van der Waals surface area contributed by atoms with Gasteiger partial charge in [-0.05, 0) is 49.5 Å². The first-order valence-electron chi connectivity index (χ1n) is 8.54. The zero-order chi connectivity index (χ0) is 17.6. The van der Waals surface area contributed by atoms with Gasteiger partial charge in [-0.25, -0.2) is 0 Å². The van der Waals surface area contributed by atoms with Crippen molar-refractivity contribution in [1.82, 2.24) is 10.2 Å². The molecule has 0 spiro atoms. The molecule has 0 saturated carbocycles. The van der Waals surface area contributed by atoms with Gasteiger partial charge in [-0.2, -0.15) is 4.73 Å². The van der Waals surface area contributed by atoms with Gasteiger partial charge in [0.05, 0.1) is 0 Å². The van der Waals surface area contributed by atoms with Crippen molar-refractivity contribution in [2.24, 2.45) is 5.92 Å². The lowest BCUT2D eigenvalue weighted by Crippen LogP contribution is -2.38. The van der Waals surface area contributed by atoms with Crippen molar-refractivity contribution in [3.05, 3.63) is 70.1 Å². The average Bonchev–Trinajstić information content (AvgIpc) is 2.63. The number of nitrogens with one attached hydrogen (secondary N) is 1. The number of rotatable bonds is 5. The van der Waals surface area contributed by atoms with Crippen molar-refractivity contribution in [2.75, 3.05) is 19.6 Å². The highest BCUT2D eigenvalue weighted by molar-refractivity contribution is 6.31. The van der Waals surface area contributed by atoms with E-state index in [0.29, 0.717) is 22.8 Å². The number of nitrogens with zero attached hydrogens (tertiary/aromatic N) is 2. The monoisotopic (exact) mass is 359 g/mol. The SMILES string of the molecule is O=C(NCC1CCN(Cc2ccccc2Cl)CC1)c1ccc[n+]([O-])c1. The van der Waals surface area contributed by atoms with Gasteiger partial charge in [-0.15, -0.1) is 0 Å². The first kappa shape index (κ1) is 17.7. The van der Waals surface area contributed by atoms with Crippen LogP contribution in [0.5, 0.6) is 0 Å². The second kappa shape index (κ2) is 8.32. The fourth-order valence-electron chi connectivity index (χ4n) is 3.14. The summed E-state index contributed by atoms with van der Waals surface area (Å²) in [4.78, 5) is 14.5. The lowest BCUT2D eigenvalue weighted by molar-refractivity contribution is -0.605. The first-order chi connectivity index (χ1) is 12.1. The summed E-state index contributed by atoms with van der Waals surface area (Å²) in [5.74, 6) is 0.276. The third kappa shape index (κ3) is 4.94. The van der Waals surface area contributed by atoms with Crippen LogP contribution in [0.15, 0.2) is 48.8 Å². The van der Waals surface area contributed by atoms with E-state index in [1.807, 2.05) is 18.2 Å². The van der Waals surface area contributed by atoms with Gasteiger partial charge in [0, 0.05) is 24.2 Å². The minimum absolute atomic E-state index is 0.191. The number of hydrogen-bond acceptors (Lipinski definition) is 3. The van der Waals surface area contributed by atoms with Crippen LogP contribution in [0.25, 0.3) is 0 Å². The van der Waals surface area contributed by atoms with Crippen molar-refractivity contribution >= 4 is 17.5 Å². The Hall–Kier alpha value is -2.11. The Labute approximate surface area is 152 Å². The fourth-order valence-corrected chi connectivity index (χ4v) is 3.34. The predicted octanol–water partition coefficient (Wildman–Crippen LogP) is 2.62. The Kier molecular flexibility index (Phi) is 5.89. The minimum atomic E-state index is -0.191. The maximum absolute atomic E-state index is 12.1. The normalized spacial score (nSPS) is 15.9. The maximum Gasteiger partial charge on any atom is 0.257 e. The Morgan fingerprint density at radius 1 is 1.24 bits per heavy atom. The molecular formula is C19H22ClN3O2. The number of pyridine rings is 1. The van der Waals surface area contributed by atoms with Crippen molar-refractivity contribution in [3.63, 3.8) is 0 Å². The smallest absolute Gasteiger partial charge is 0.257 e. The maximum atomic E-state index is 12.1. The van der Waals surface area contributed by atoms with E-state index >= 15 is 0 Å². The second-order valence-electron chi connectivity index (χ2n) is 6.47. The van der Waals surface area contributed by atoms with Crippen LogP contribution in [0.3, 0.4) is 0 Å². The van der Waals surface area contributed by atoms with E-state index in [-0.39, 0.29) is 5.91 Å². The van der Waals surface area contributed by atoms with Crippen LogP contribution >= 0.6 is 11.6 Å². The number of likely N-dealkylation sites (tertiary alicyclic amines) is 1. The molecule has 1 N–H and O–H groups in total. The quantitative estimate of drug-likeness (QED) is 0.659. The molecule has 1 amide bonds. The summed E-state index contributed by atoms with van der Waals surface area (Å²) in [5, 5.41) is 15.0. The van der Waals surface area contributed by atoms with Crippen molar-refractivity contribution in [3.8, 4) is 0 Å². The number of halogens is 1. The zero-order valence-corrected chi connectivity index (χ0v) is 14.8. The van der Waals surface area contributed by atoms with Crippen LogP contribution in [-0.4, -0.2) is 30.4 Å². The summed E-state index contributed by atoms with van der Waals surface area (Å²) < 4.78 is 0.641. The van der Waals surface area contributed by atoms with Crippen LogP contribution in [0.2, 0.25) is 5.02 Å². The zero-order valence-electron chi connectivity index (χ0n) is 14.0. The van der Waals surface area contributed by atoms with E-state index in [1.54, 1.807) is 12.1 Å².